The van der Waals surface area contributed by atoms with E-state index in [-0.39, 0.29) is 0 Å². The predicted molar refractivity (Wildman–Crippen MR) is 67.1 cm³/mol. The summed E-state index contributed by atoms with van der Waals surface area (Å²) in [7, 11) is 0. The first kappa shape index (κ1) is 11.0. The van der Waals surface area contributed by atoms with E-state index in [0.717, 1.165) is 24.0 Å². The molecule has 0 amide bonds. The minimum absolute atomic E-state index is 0.841. The molecule has 1 aromatic rings. The normalized spacial score (nSPS) is 17.8. The third-order valence-electron chi connectivity index (χ3n) is 2.50. The molecule has 0 unspecified atom stereocenters. The summed E-state index contributed by atoms with van der Waals surface area (Å²) in [4.78, 5) is 5.98. The Bertz CT molecular complexity index is 431. The number of aliphatic imine (C=N–C) groups is 1. The molecule has 16 heavy (non-hydrogen) atoms. The lowest BCUT2D eigenvalue weighted by Crippen LogP contribution is -2.23. The molecular weight excluding hydrogens is 218 g/mol. The second-order valence-corrected chi connectivity index (χ2v) is 4.81. The number of hydrogen-bond acceptors (Lipinski definition) is 3. The maximum atomic E-state index is 8.57. The van der Waals surface area contributed by atoms with E-state index in [9.17, 15) is 0 Å². The lowest BCUT2D eigenvalue weighted by Gasteiger charge is -2.16. The standard InChI is InChI=1S/C12H13N3S/c1-10-2-4-11(5-3-10)8-15-6-7-16-12(15)14-9-13/h2-5H,6-8H2,1H3/b14-12+. The summed E-state index contributed by atoms with van der Waals surface area (Å²) in [5.41, 5.74) is 2.53. The third kappa shape index (κ3) is 2.56. The van der Waals surface area contributed by atoms with E-state index in [0.29, 0.717) is 0 Å². The lowest BCUT2D eigenvalue weighted by atomic mass is 10.1. The second kappa shape index (κ2) is 5.04. The van der Waals surface area contributed by atoms with Crippen LogP contribution in [0.25, 0.3) is 0 Å². The van der Waals surface area contributed by atoms with Crippen LogP contribution in [0.3, 0.4) is 0 Å². The number of nitrogens with zero attached hydrogens (tertiary/aromatic N) is 3. The largest absolute Gasteiger partial charge is 0.345 e. The van der Waals surface area contributed by atoms with Gasteiger partial charge in [0.1, 0.15) is 0 Å². The number of amidine groups is 1. The van der Waals surface area contributed by atoms with Crippen molar-refractivity contribution < 1.29 is 0 Å². The van der Waals surface area contributed by atoms with E-state index in [1.165, 1.54) is 11.1 Å². The zero-order valence-electron chi connectivity index (χ0n) is 9.18. The number of benzene rings is 1. The van der Waals surface area contributed by atoms with Crippen molar-refractivity contribution in [1.82, 2.24) is 4.90 Å². The fraction of sp³-hybridized carbons (Fsp3) is 0.333. The van der Waals surface area contributed by atoms with Crippen molar-refractivity contribution >= 4 is 16.9 Å². The number of nitriles is 1. The van der Waals surface area contributed by atoms with Gasteiger partial charge in [0.15, 0.2) is 5.17 Å². The zero-order chi connectivity index (χ0) is 11.4. The van der Waals surface area contributed by atoms with E-state index >= 15 is 0 Å². The van der Waals surface area contributed by atoms with Gasteiger partial charge in [-0.1, -0.05) is 41.6 Å². The van der Waals surface area contributed by atoms with Gasteiger partial charge in [-0.25, -0.2) is 0 Å². The van der Waals surface area contributed by atoms with E-state index in [4.69, 9.17) is 5.26 Å². The molecule has 1 saturated heterocycles. The fourth-order valence-corrected chi connectivity index (χ4v) is 2.58. The van der Waals surface area contributed by atoms with Gasteiger partial charge in [0, 0.05) is 18.8 Å². The highest BCUT2D eigenvalue weighted by molar-refractivity contribution is 8.14. The van der Waals surface area contributed by atoms with E-state index in [2.05, 4.69) is 41.1 Å². The van der Waals surface area contributed by atoms with Gasteiger partial charge in [0.25, 0.3) is 0 Å². The summed E-state index contributed by atoms with van der Waals surface area (Å²) < 4.78 is 0. The smallest absolute Gasteiger partial charge is 0.208 e. The molecular formula is C12H13N3S. The molecule has 0 N–H and O–H groups in total. The van der Waals surface area contributed by atoms with Crippen molar-refractivity contribution in [2.24, 2.45) is 4.99 Å². The minimum Gasteiger partial charge on any atom is -0.345 e. The molecule has 1 aliphatic rings. The summed E-state index contributed by atoms with van der Waals surface area (Å²) in [6, 6.07) is 8.48. The molecule has 0 radical (unpaired) electrons. The quantitative estimate of drug-likeness (QED) is 0.734. The van der Waals surface area contributed by atoms with Gasteiger partial charge in [-0.2, -0.15) is 5.26 Å². The monoisotopic (exact) mass is 231 g/mol. The van der Waals surface area contributed by atoms with Crippen molar-refractivity contribution in [1.29, 1.82) is 5.26 Å². The topological polar surface area (TPSA) is 39.4 Å². The Kier molecular flexibility index (Phi) is 3.47. The van der Waals surface area contributed by atoms with Crippen LogP contribution in [0.2, 0.25) is 0 Å². The van der Waals surface area contributed by atoms with Crippen molar-refractivity contribution in [2.75, 3.05) is 12.3 Å². The Morgan fingerprint density at radius 1 is 1.44 bits per heavy atom. The molecule has 1 aliphatic heterocycles. The second-order valence-electron chi connectivity index (χ2n) is 3.75. The average Bonchev–Trinajstić information content (AvgIpc) is 2.70. The van der Waals surface area contributed by atoms with Gasteiger partial charge in [0.2, 0.25) is 6.19 Å². The van der Waals surface area contributed by atoms with Gasteiger partial charge in [0.05, 0.1) is 0 Å². The van der Waals surface area contributed by atoms with Crippen LogP contribution in [0.5, 0.6) is 0 Å². The maximum absolute atomic E-state index is 8.57. The Morgan fingerprint density at radius 2 is 2.19 bits per heavy atom. The zero-order valence-corrected chi connectivity index (χ0v) is 10.00. The molecule has 0 spiro atoms. The van der Waals surface area contributed by atoms with Crippen LogP contribution < -0.4 is 0 Å². The first-order valence-corrected chi connectivity index (χ1v) is 6.18. The molecule has 0 saturated carbocycles. The predicted octanol–water partition coefficient (Wildman–Crippen LogP) is 2.38. The van der Waals surface area contributed by atoms with E-state index < -0.39 is 0 Å². The lowest BCUT2D eigenvalue weighted by molar-refractivity contribution is 0.457. The molecule has 82 valence electrons. The molecule has 3 nitrogen and oxygen atoms in total. The number of rotatable bonds is 2. The van der Waals surface area contributed by atoms with Crippen LogP contribution >= 0.6 is 11.8 Å². The highest BCUT2D eigenvalue weighted by Crippen LogP contribution is 2.20. The molecule has 0 bridgehead atoms. The minimum atomic E-state index is 0.841. The molecule has 1 heterocycles. The number of thioether (sulfide) groups is 1. The Labute approximate surface area is 99.8 Å². The fourth-order valence-electron chi connectivity index (χ4n) is 1.64. The van der Waals surface area contributed by atoms with Crippen LogP contribution in [-0.4, -0.2) is 22.4 Å². The van der Waals surface area contributed by atoms with E-state index in [1.807, 2.05) is 6.19 Å². The van der Waals surface area contributed by atoms with Gasteiger partial charge >= 0.3 is 0 Å². The first-order valence-electron chi connectivity index (χ1n) is 5.19. The van der Waals surface area contributed by atoms with Crippen LogP contribution in [0.1, 0.15) is 11.1 Å². The first-order chi connectivity index (χ1) is 7.79. The average molecular weight is 231 g/mol. The summed E-state index contributed by atoms with van der Waals surface area (Å²) in [5, 5.41) is 9.42. The van der Waals surface area contributed by atoms with Crippen LogP contribution in [0.15, 0.2) is 29.3 Å². The van der Waals surface area contributed by atoms with Crippen molar-refractivity contribution in [3.63, 3.8) is 0 Å². The molecule has 0 atom stereocenters. The van der Waals surface area contributed by atoms with E-state index in [1.54, 1.807) is 11.8 Å². The van der Waals surface area contributed by atoms with Gasteiger partial charge in [-0.15, -0.1) is 4.99 Å². The molecule has 1 fully saturated rings. The summed E-state index contributed by atoms with van der Waals surface area (Å²) in [5.74, 6) is 1.02. The number of aryl methyl sites for hydroxylation is 1. The highest BCUT2D eigenvalue weighted by atomic mass is 32.2. The van der Waals surface area contributed by atoms with Crippen LogP contribution in [0.4, 0.5) is 0 Å². The van der Waals surface area contributed by atoms with Gasteiger partial charge in [-0.05, 0) is 12.5 Å². The van der Waals surface area contributed by atoms with Crippen molar-refractivity contribution in [3.05, 3.63) is 35.4 Å². The summed E-state index contributed by atoms with van der Waals surface area (Å²) in [6.07, 6.45) is 1.86. The van der Waals surface area contributed by atoms with Gasteiger partial charge < -0.3 is 4.90 Å². The maximum Gasteiger partial charge on any atom is 0.208 e. The third-order valence-corrected chi connectivity index (χ3v) is 3.50. The van der Waals surface area contributed by atoms with Crippen LogP contribution in [-0.2, 0) is 6.54 Å². The molecule has 0 aliphatic carbocycles. The Morgan fingerprint density at radius 3 is 2.88 bits per heavy atom. The Balaban J connectivity index is 2.07. The Hall–Kier alpha value is -1.47. The van der Waals surface area contributed by atoms with Gasteiger partial charge in [-0.3, -0.25) is 0 Å². The van der Waals surface area contributed by atoms with Crippen molar-refractivity contribution in [3.8, 4) is 6.19 Å². The SMILES string of the molecule is Cc1ccc(CN2CCS/C2=N/C#N)cc1. The molecule has 2 rings (SSSR count). The molecule has 1 aromatic carbocycles. The van der Waals surface area contributed by atoms with Crippen molar-refractivity contribution in [2.45, 2.75) is 13.5 Å². The highest BCUT2D eigenvalue weighted by Gasteiger charge is 2.19. The van der Waals surface area contributed by atoms with Crippen LogP contribution in [0, 0.1) is 18.4 Å². The summed E-state index contributed by atoms with van der Waals surface area (Å²) in [6.45, 7) is 3.89. The summed E-state index contributed by atoms with van der Waals surface area (Å²) >= 11 is 1.65. The molecule has 4 heteroatoms. The number of hydrogen-bond donors (Lipinski definition) is 0. The molecule has 0 aromatic heterocycles.